The highest BCUT2D eigenvalue weighted by Crippen LogP contribution is 2.35. The maximum absolute atomic E-state index is 12.7. The normalized spacial score (nSPS) is 14.9. The Bertz CT molecular complexity index is 1060. The Morgan fingerprint density at radius 1 is 1.27 bits per heavy atom. The van der Waals surface area contributed by atoms with Crippen LogP contribution in [0.25, 0.3) is 0 Å². The van der Waals surface area contributed by atoms with Crippen molar-refractivity contribution in [3.8, 4) is 5.75 Å². The lowest BCUT2D eigenvalue weighted by molar-refractivity contribution is -0.111. The van der Waals surface area contributed by atoms with E-state index in [2.05, 4.69) is 5.32 Å². The summed E-state index contributed by atoms with van der Waals surface area (Å²) in [4.78, 5) is 39.2. The predicted octanol–water partition coefficient (Wildman–Crippen LogP) is 3.17. The van der Waals surface area contributed by atoms with Crippen molar-refractivity contribution in [2.24, 2.45) is 0 Å². The van der Waals surface area contributed by atoms with Crippen molar-refractivity contribution in [3.63, 3.8) is 0 Å². The zero-order valence-corrected chi connectivity index (χ0v) is 21.9. The van der Waals surface area contributed by atoms with Crippen LogP contribution in [0, 0.1) is 0 Å². The number of likely N-dealkylation sites (N-methyl/N-ethyl adjacent to an activating group) is 1. The van der Waals surface area contributed by atoms with Gasteiger partial charge in [0.1, 0.15) is 38.0 Å². The van der Waals surface area contributed by atoms with E-state index in [9.17, 15) is 18.8 Å². The number of carbonyl (C=O) groups excluding carboxylic acids is 3. The minimum atomic E-state index is -0.589. The van der Waals surface area contributed by atoms with Crippen LogP contribution in [0.2, 0.25) is 4.34 Å². The number of nitrogens with one attached hydrogen (secondary N) is 1. The summed E-state index contributed by atoms with van der Waals surface area (Å²) < 4.78 is 34.5. The fourth-order valence-electron chi connectivity index (χ4n) is 3.46. The molecule has 37 heavy (non-hydrogen) atoms. The zero-order chi connectivity index (χ0) is 26.6. The summed E-state index contributed by atoms with van der Waals surface area (Å²) in [5.41, 5.74) is 1.29. The summed E-state index contributed by atoms with van der Waals surface area (Å²) in [6.45, 7) is 0.948. The predicted molar refractivity (Wildman–Crippen MR) is 138 cm³/mol. The van der Waals surface area contributed by atoms with Gasteiger partial charge in [0.15, 0.2) is 0 Å². The van der Waals surface area contributed by atoms with Crippen molar-refractivity contribution in [1.29, 1.82) is 0 Å². The number of carbonyl (C=O) groups is 3. The van der Waals surface area contributed by atoms with Gasteiger partial charge in [0, 0.05) is 25.3 Å². The Kier molecular flexibility index (Phi) is 11.4. The van der Waals surface area contributed by atoms with Crippen molar-refractivity contribution in [2.45, 2.75) is 6.10 Å². The van der Waals surface area contributed by atoms with Crippen molar-refractivity contribution in [1.82, 2.24) is 5.32 Å². The zero-order valence-electron chi connectivity index (χ0n) is 20.3. The van der Waals surface area contributed by atoms with E-state index >= 15 is 0 Å². The Hall–Kier alpha value is -2.93. The molecule has 1 atom stereocenters. The lowest BCUT2D eigenvalue weighted by Gasteiger charge is -2.23. The number of rotatable bonds is 16. The van der Waals surface area contributed by atoms with E-state index in [1.54, 1.807) is 24.3 Å². The molecule has 10 nitrogen and oxygen atoms in total. The van der Waals surface area contributed by atoms with Crippen LogP contribution >= 0.6 is 22.9 Å². The lowest BCUT2D eigenvalue weighted by atomic mass is 10.2. The third-order valence-corrected chi connectivity index (χ3v) is 6.53. The average Bonchev–Trinajstić information content (AvgIpc) is 3.50. The highest BCUT2D eigenvalue weighted by molar-refractivity contribution is 7.18. The SMILES string of the molecule is CN(CCOCC=O)c1ccc(N2CC(CNC(=O)c3ccc(Cl)s3)OC2=O)c(OCCOCCF)c1. The number of hydrogen-bond donors (Lipinski definition) is 1. The molecule has 2 aromatic rings. The van der Waals surface area contributed by atoms with Gasteiger partial charge in [0.25, 0.3) is 5.91 Å². The topological polar surface area (TPSA) is 107 Å². The largest absolute Gasteiger partial charge is 0.489 e. The van der Waals surface area contributed by atoms with Crippen molar-refractivity contribution in [2.75, 3.05) is 76.2 Å². The maximum atomic E-state index is 12.7. The van der Waals surface area contributed by atoms with Crippen LogP contribution in [0.3, 0.4) is 0 Å². The van der Waals surface area contributed by atoms with E-state index in [-0.39, 0.29) is 45.4 Å². The molecule has 3 rings (SSSR count). The molecule has 0 spiro atoms. The van der Waals surface area contributed by atoms with Crippen LogP contribution < -0.4 is 19.9 Å². The monoisotopic (exact) mass is 557 g/mol. The van der Waals surface area contributed by atoms with E-state index in [4.69, 9.17) is 30.5 Å². The molecule has 1 N–H and O–H groups in total. The van der Waals surface area contributed by atoms with Gasteiger partial charge in [0.05, 0.1) is 47.8 Å². The van der Waals surface area contributed by atoms with E-state index in [1.807, 2.05) is 18.0 Å². The van der Waals surface area contributed by atoms with Gasteiger partial charge in [0.2, 0.25) is 0 Å². The first-order valence-electron chi connectivity index (χ1n) is 11.6. The molecule has 2 amide bonds. The summed E-state index contributed by atoms with van der Waals surface area (Å²) in [5, 5.41) is 2.76. The summed E-state index contributed by atoms with van der Waals surface area (Å²) in [6.07, 6.45) is -0.442. The van der Waals surface area contributed by atoms with Gasteiger partial charge in [-0.1, -0.05) is 11.6 Å². The molecule has 1 aliphatic rings. The number of cyclic esters (lactones) is 1. The molecule has 13 heteroatoms. The smallest absolute Gasteiger partial charge is 0.414 e. The van der Waals surface area contributed by atoms with Gasteiger partial charge in [-0.3, -0.25) is 9.69 Å². The number of anilines is 2. The van der Waals surface area contributed by atoms with Gasteiger partial charge in [-0.05, 0) is 24.3 Å². The number of amides is 2. The Morgan fingerprint density at radius 3 is 2.84 bits per heavy atom. The Balaban J connectivity index is 1.66. The summed E-state index contributed by atoms with van der Waals surface area (Å²) in [6, 6.07) is 8.61. The van der Waals surface area contributed by atoms with Gasteiger partial charge >= 0.3 is 6.09 Å². The molecule has 0 saturated carbocycles. The quantitative estimate of drug-likeness (QED) is 0.248. The third-order valence-electron chi connectivity index (χ3n) is 5.30. The first-order chi connectivity index (χ1) is 17.9. The molecule has 1 aromatic carbocycles. The minimum absolute atomic E-state index is 0.0245. The first kappa shape index (κ1) is 28.6. The average molecular weight is 558 g/mol. The fraction of sp³-hybridized carbons (Fsp3) is 0.458. The van der Waals surface area contributed by atoms with Crippen molar-refractivity contribution >= 4 is 52.6 Å². The number of hydrogen-bond acceptors (Lipinski definition) is 9. The molecule has 0 aliphatic carbocycles. The number of nitrogens with zero attached hydrogens (tertiary/aromatic N) is 2. The molecule has 0 radical (unpaired) electrons. The standard InChI is InChI=1S/C24H29ClFN3O7S/c1-28(7-10-34-11-8-30)17-2-3-19(20(14-17)35-13-12-33-9-6-26)29-16-18(36-24(29)32)15-27-23(31)21-4-5-22(25)37-21/h2-5,8,14,18H,6-7,9-13,15-16H2,1H3,(H,27,31). The van der Waals surface area contributed by atoms with Crippen molar-refractivity contribution in [3.05, 3.63) is 39.5 Å². The van der Waals surface area contributed by atoms with Gasteiger partial charge < -0.3 is 34.0 Å². The Labute approximate surface area is 223 Å². The number of benzene rings is 1. The number of ether oxygens (including phenoxy) is 4. The van der Waals surface area contributed by atoms with E-state index in [1.165, 1.54) is 4.90 Å². The second-order valence-electron chi connectivity index (χ2n) is 7.90. The minimum Gasteiger partial charge on any atom is -0.489 e. The van der Waals surface area contributed by atoms with Crippen LogP contribution in [0.1, 0.15) is 9.67 Å². The van der Waals surface area contributed by atoms with Crippen molar-refractivity contribution < 1.29 is 37.7 Å². The first-order valence-corrected chi connectivity index (χ1v) is 12.8. The second-order valence-corrected chi connectivity index (χ2v) is 9.61. The number of aldehydes is 1. The van der Waals surface area contributed by atoms with Crippen LogP contribution in [0.15, 0.2) is 30.3 Å². The number of alkyl halides is 1. The number of thiophene rings is 1. The molecule has 2 heterocycles. The molecule has 1 saturated heterocycles. The van der Waals surface area contributed by atoms with Crippen LogP contribution in [0.4, 0.5) is 20.6 Å². The molecule has 1 fully saturated rings. The van der Waals surface area contributed by atoms with Crippen LogP contribution in [-0.2, 0) is 19.0 Å². The summed E-state index contributed by atoms with van der Waals surface area (Å²) in [7, 11) is 1.86. The molecule has 1 aromatic heterocycles. The Morgan fingerprint density at radius 2 is 2.11 bits per heavy atom. The molecule has 1 aliphatic heterocycles. The van der Waals surface area contributed by atoms with E-state index in [0.717, 1.165) is 17.0 Å². The second kappa shape index (κ2) is 14.7. The van der Waals surface area contributed by atoms with E-state index in [0.29, 0.717) is 40.1 Å². The van der Waals surface area contributed by atoms with Gasteiger partial charge in [-0.2, -0.15) is 0 Å². The van der Waals surface area contributed by atoms with E-state index < -0.39 is 18.9 Å². The fourth-order valence-corrected chi connectivity index (χ4v) is 4.42. The highest BCUT2D eigenvalue weighted by Gasteiger charge is 2.34. The molecule has 0 bridgehead atoms. The summed E-state index contributed by atoms with van der Waals surface area (Å²) >= 11 is 7.05. The number of halogens is 2. The van der Waals surface area contributed by atoms with Gasteiger partial charge in [-0.25, -0.2) is 9.18 Å². The molecular weight excluding hydrogens is 529 g/mol. The maximum Gasteiger partial charge on any atom is 0.414 e. The van der Waals surface area contributed by atoms with Crippen LogP contribution in [-0.4, -0.2) is 90.8 Å². The van der Waals surface area contributed by atoms with Crippen LogP contribution in [0.5, 0.6) is 5.75 Å². The molecular formula is C24H29ClFN3O7S. The summed E-state index contributed by atoms with van der Waals surface area (Å²) in [5.74, 6) is 0.116. The highest BCUT2D eigenvalue weighted by atomic mass is 35.5. The molecule has 202 valence electrons. The lowest BCUT2D eigenvalue weighted by Crippen LogP contribution is -2.34. The molecule has 1 unspecified atom stereocenters. The van der Waals surface area contributed by atoms with Gasteiger partial charge in [-0.15, -0.1) is 11.3 Å². The third kappa shape index (κ3) is 8.56.